The van der Waals surface area contributed by atoms with E-state index in [1.807, 2.05) is 25.1 Å². The highest BCUT2D eigenvalue weighted by molar-refractivity contribution is 5.79. The molecule has 0 aliphatic carbocycles. The zero-order valence-electron chi connectivity index (χ0n) is 16.4. The molecule has 1 aromatic heterocycles. The van der Waals surface area contributed by atoms with Crippen LogP contribution < -0.4 is 15.4 Å². The van der Waals surface area contributed by atoms with Crippen molar-refractivity contribution >= 4 is 5.96 Å². The third-order valence-corrected chi connectivity index (χ3v) is 3.76. The SMILES string of the molecule is CCNC(=NCc1cc(C(C)C)no1)NCCOc1cc(C)cc(C)c1. The highest BCUT2D eigenvalue weighted by atomic mass is 16.5. The first-order chi connectivity index (χ1) is 12.5. The standard InChI is InChI=1S/C20H30N4O2/c1-6-21-20(23-13-18-12-19(14(2)3)24-26-18)22-7-8-25-17-10-15(4)9-16(5)11-17/h9-12,14H,6-8,13H2,1-5H3,(H2,21,22,23). The minimum atomic E-state index is 0.352. The summed E-state index contributed by atoms with van der Waals surface area (Å²) < 4.78 is 11.1. The number of hydrogen-bond acceptors (Lipinski definition) is 4. The van der Waals surface area contributed by atoms with Crippen LogP contribution in [0.3, 0.4) is 0 Å². The predicted molar refractivity (Wildman–Crippen MR) is 105 cm³/mol. The van der Waals surface area contributed by atoms with Gasteiger partial charge in [0.2, 0.25) is 0 Å². The molecule has 0 aliphatic rings. The molecule has 0 saturated carbocycles. The van der Waals surface area contributed by atoms with Crippen molar-refractivity contribution in [3.63, 3.8) is 0 Å². The monoisotopic (exact) mass is 358 g/mol. The molecule has 0 unspecified atom stereocenters. The van der Waals surface area contributed by atoms with Crippen molar-refractivity contribution in [3.05, 3.63) is 46.8 Å². The zero-order valence-corrected chi connectivity index (χ0v) is 16.4. The average molecular weight is 358 g/mol. The van der Waals surface area contributed by atoms with Gasteiger partial charge >= 0.3 is 0 Å². The Morgan fingerprint density at radius 3 is 2.50 bits per heavy atom. The van der Waals surface area contributed by atoms with E-state index in [2.05, 4.69) is 54.5 Å². The van der Waals surface area contributed by atoms with Crippen molar-refractivity contribution in [2.75, 3.05) is 19.7 Å². The lowest BCUT2D eigenvalue weighted by atomic mass is 10.1. The lowest BCUT2D eigenvalue weighted by Gasteiger charge is -2.12. The number of aliphatic imine (C=N–C) groups is 1. The van der Waals surface area contributed by atoms with Crippen LogP contribution in [0.25, 0.3) is 0 Å². The van der Waals surface area contributed by atoms with Crippen LogP contribution in [-0.4, -0.2) is 30.8 Å². The van der Waals surface area contributed by atoms with Gasteiger partial charge in [0.15, 0.2) is 11.7 Å². The highest BCUT2D eigenvalue weighted by Gasteiger charge is 2.07. The predicted octanol–water partition coefficient (Wildman–Crippen LogP) is 3.55. The summed E-state index contributed by atoms with van der Waals surface area (Å²) in [5.74, 6) is 2.75. The number of aryl methyl sites for hydroxylation is 2. The Hall–Kier alpha value is -2.50. The van der Waals surface area contributed by atoms with Gasteiger partial charge < -0.3 is 19.9 Å². The van der Waals surface area contributed by atoms with Gasteiger partial charge in [0, 0.05) is 12.6 Å². The van der Waals surface area contributed by atoms with E-state index in [1.165, 1.54) is 11.1 Å². The number of hydrogen-bond donors (Lipinski definition) is 2. The van der Waals surface area contributed by atoms with Gasteiger partial charge in [-0.3, -0.25) is 0 Å². The van der Waals surface area contributed by atoms with E-state index < -0.39 is 0 Å². The molecule has 26 heavy (non-hydrogen) atoms. The molecular formula is C20H30N4O2. The quantitative estimate of drug-likeness (QED) is 0.429. The van der Waals surface area contributed by atoms with Gasteiger partial charge in [-0.15, -0.1) is 0 Å². The number of nitrogens with one attached hydrogen (secondary N) is 2. The Morgan fingerprint density at radius 2 is 1.88 bits per heavy atom. The van der Waals surface area contributed by atoms with E-state index in [1.54, 1.807) is 0 Å². The molecule has 6 heteroatoms. The van der Waals surface area contributed by atoms with Crippen molar-refractivity contribution in [3.8, 4) is 5.75 Å². The van der Waals surface area contributed by atoms with Crippen LogP contribution >= 0.6 is 0 Å². The first-order valence-electron chi connectivity index (χ1n) is 9.16. The van der Waals surface area contributed by atoms with Crippen molar-refractivity contribution in [1.82, 2.24) is 15.8 Å². The average Bonchev–Trinajstić information content (AvgIpc) is 3.05. The second-order valence-electron chi connectivity index (χ2n) is 6.67. The number of guanidine groups is 1. The van der Waals surface area contributed by atoms with E-state index in [9.17, 15) is 0 Å². The van der Waals surface area contributed by atoms with Gasteiger partial charge in [-0.05, 0) is 49.9 Å². The fourth-order valence-electron chi connectivity index (χ4n) is 2.53. The fraction of sp³-hybridized carbons (Fsp3) is 0.500. The van der Waals surface area contributed by atoms with E-state index in [0.29, 0.717) is 25.6 Å². The van der Waals surface area contributed by atoms with Gasteiger partial charge in [0.05, 0.1) is 12.2 Å². The van der Waals surface area contributed by atoms with Crippen LogP contribution in [0, 0.1) is 13.8 Å². The minimum absolute atomic E-state index is 0.352. The summed E-state index contributed by atoms with van der Waals surface area (Å²) in [7, 11) is 0. The van der Waals surface area contributed by atoms with Crippen LogP contribution in [0.4, 0.5) is 0 Å². The van der Waals surface area contributed by atoms with Gasteiger partial charge in [0.25, 0.3) is 0 Å². The summed E-state index contributed by atoms with van der Waals surface area (Å²) in [5.41, 5.74) is 3.36. The lowest BCUT2D eigenvalue weighted by Crippen LogP contribution is -2.39. The topological polar surface area (TPSA) is 71.7 Å². The smallest absolute Gasteiger partial charge is 0.191 e. The van der Waals surface area contributed by atoms with Crippen molar-refractivity contribution < 1.29 is 9.26 Å². The van der Waals surface area contributed by atoms with Gasteiger partial charge in [0.1, 0.15) is 18.9 Å². The normalized spacial score (nSPS) is 11.7. The Kier molecular flexibility index (Phi) is 7.51. The summed E-state index contributed by atoms with van der Waals surface area (Å²) in [6, 6.07) is 8.18. The first kappa shape index (κ1) is 19.8. The van der Waals surface area contributed by atoms with E-state index in [0.717, 1.165) is 29.7 Å². The number of benzene rings is 1. The van der Waals surface area contributed by atoms with Crippen LogP contribution in [0.2, 0.25) is 0 Å². The second kappa shape index (κ2) is 9.85. The van der Waals surface area contributed by atoms with Crippen molar-refractivity contribution in [2.24, 2.45) is 4.99 Å². The summed E-state index contributed by atoms with van der Waals surface area (Å²) >= 11 is 0. The molecule has 2 aromatic rings. The summed E-state index contributed by atoms with van der Waals surface area (Å²) in [6.45, 7) is 12.8. The third-order valence-electron chi connectivity index (χ3n) is 3.76. The highest BCUT2D eigenvalue weighted by Crippen LogP contribution is 2.16. The van der Waals surface area contributed by atoms with Gasteiger partial charge in [-0.25, -0.2) is 4.99 Å². The lowest BCUT2D eigenvalue weighted by molar-refractivity contribution is 0.321. The minimum Gasteiger partial charge on any atom is -0.492 e. The molecule has 2 N–H and O–H groups in total. The Labute approximate surface area is 156 Å². The summed E-state index contributed by atoms with van der Waals surface area (Å²) in [6.07, 6.45) is 0. The van der Waals surface area contributed by atoms with Crippen LogP contribution in [0.15, 0.2) is 33.8 Å². The molecule has 6 nitrogen and oxygen atoms in total. The van der Waals surface area contributed by atoms with Gasteiger partial charge in [-0.1, -0.05) is 25.1 Å². The largest absolute Gasteiger partial charge is 0.492 e. The number of rotatable bonds is 8. The summed E-state index contributed by atoms with van der Waals surface area (Å²) in [5, 5.41) is 10.6. The number of ether oxygens (including phenoxy) is 1. The van der Waals surface area contributed by atoms with E-state index in [4.69, 9.17) is 9.26 Å². The summed E-state index contributed by atoms with van der Waals surface area (Å²) in [4.78, 5) is 4.53. The molecule has 0 amide bonds. The maximum Gasteiger partial charge on any atom is 0.191 e. The Bertz CT molecular complexity index is 702. The maximum atomic E-state index is 5.81. The zero-order chi connectivity index (χ0) is 18.9. The molecule has 0 bridgehead atoms. The van der Waals surface area contributed by atoms with Crippen molar-refractivity contribution in [2.45, 2.75) is 47.1 Å². The molecule has 0 saturated heterocycles. The van der Waals surface area contributed by atoms with Crippen LogP contribution in [0.5, 0.6) is 5.75 Å². The van der Waals surface area contributed by atoms with Crippen molar-refractivity contribution in [1.29, 1.82) is 0 Å². The molecule has 0 radical (unpaired) electrons. The Morgan fingerprint density at radius 1 is 1.15 bits per heavy atom. The molecule has 0 atom stereocenters. The maximum absolute atomic E-state index is 5.81. The molecule has 1 aromatic carbocycles. The van der Waals surface area contributed by atoms with E-state index >= 15 is 0 Å². The first-order valence-corrected chi connectivity index (χ1v) is 9.16. The molecular weight excluding hydrogens is 328 g/mol. The molecule has 0 fully saturated rings. The second-order valence-corrected chi connectivity index (χ2v) is 6.67. The molecule has 142 valence electrons. The van der Waals surface area contributed by atoms with E-state index in [-0.39, 0.29) is 0 Å². The molecule has 0 aliphatic heterocycles. The molecule has 0 spiro atoms. The van der Waals surface area contributed by atoms with Gasteiger partial charge in [-0.2, -0.15) is 0 Å². The molecule has 2 rings (SSSR count). The Balaban J connectivity index is 1.82. The molecule has 1 heterocycles. The third kappa shape index (κ3) is 6.43. The number of nitrogens with zero attached hydrogens (tertiary/aromatic N) is 2. The fourth-order valence-corrected chi connectivity index (χ4v) is 2.53. The van der Waals surface area contributed by atoms with Crippen LogP contribution in [0.1, 0.15) is 49.3 Å². The van der Waals surface area contributed by atoms with Crippen LogP contribution in [-0.2, 0) is 6.54 Å². The number of aromatic nitrogens is 1.